The zero-order valence-corrected chi connectivity index (χ0v) is 12.9. The largest absolute Gasteiger partial charge is 0.456 e. The molecule has 0 saturated heterocycles. The molecule has 1 atom stereocenters. The van der Waals surface area contributed by atoms with Crippen molar-refractivity contribution in [1.82, 2.24) is 0 Å². The molecule has 0 bridgehead atoms. The molecule has 0 aliphatic rings. The minimum absolute atomic E-state index is 0.100. The lowest BCUT2D eigenvalue weighted by Crippen LogP contribution is -2.13. The van der Waals surface area contributed by atoms with Gasteiger partial charge in [-0.05, 0) is 36.1 Å². The minimum atomic E-state index is -0.100. The van der Waals surface area contributed by atoms with Crippen LogP contribution in [0.1, 0.15) is 37.3 Å². The fraction of sp³-hybridized carbons (Fsp3) is 0.235. The Hall–Kier alpha value is -2.00. The van der Waals surface area contributed by atoms with Gasteiger partial charge >= 0.3 is 0 Å². The van der Waals surface area contributed by atoms with Crippen LogP contribution in [0.25, 0.3) is 0 Å². The van der Waals surface area contributed by atoms with Gasteiger partial charge < -0.3 is 10.5 Å². The van der Waals surface area contributed by atoms with Crippen molar-refractivity contribution in [2.75, 3.05) is 0 Å². The van der Waals surface area contributed by atoms with E-state index < -0.39 is 0 Å². The number of nitrogens with two attached hydrogens (primary N) is 1. The van der Waals surface area contributed by atoms with Gasteiger partial charge in [-0.2, -0.15) is 0 Å². The SMILES string of the molecule is CCC(C)c1ccccc1Oc1cccc(Cl)c1C(=N)N. The second-order valence-corrected chi connectivity index (χ2v) is 5.38. The lowest BCUT2D eigenvalue weighted by Gasteiger charge is -2.17. The van der Waals surface area contributed by atoms with Gasteiger partial charge in [0.15, 0.2) is 0 Å². The van der Waals surface area contributed by atoms with Crippen molar-refractivity contribution in [2.24, 2.45) is 5.73 Å². The topological polar surface area (TPSA) is 59.1 Å². The lowest BCUT2D eigenvalue weighted by atomic mass is 9.98. The van der Waals surface area contributed by atoms with Crippen molar-refractivity contribution in [3.63, 3.8) is 0 Å². The van der Waals surface area contributed by atoms with Crippen molar-refractivity contribution in [3.05, 3.63) is 58.6 Å². The van der Waals surface area contributed by atoms with E-state index >= 15 is 0 Å². The highest BCUT2D eigenvalue weighted by Crippen LogP contribution is 2.35. The fourth-order valence-corrected chi connectivity index (χ4v) is 2.44. The van der Waals surface area contributed by atoms with Crippen LogP contribution in [0.5, 0.6) is 11.5 Å². The molecule has 0 aliphatic carbocycles. The molecule has 110 valence electrons. The lowest BCUT2D eigenvalue weighted by molar-refractivity contribution is 0.469. The smallest absolute Gasteiger partial charge is 0.139 e. The van der Waals surface area contributed by atoms with Gasteiger partial charge in [0.25, 0.3) is 0 Å². The fourth-order valence-electron chi connectivity index (χ4n) is 2.17. The third-order valence-electron chi connectivity index (χ3n) is 3.53. The molecule has 3 nitrogen and oxygen atoms in total. The Balaban J connectivity index is 2.44. The summed E-state index contributed by atoms with van der Waals surface area (Å²) in [6, 6.07) is 13.2. The summed E-state index contributed by atoms with van der Waals surface area (Å²) >= 11 is 6.12. The van der Waals surface area contributed by atoms with Crippen LogP contribution in [0.3, 0.4) is 0 Å². The first kappa shape index (κ1) is 15.4. The van der Waals surface area contributed by atoms with Gasteiger partial charge in [0.05, 0.1) is 10.6 Å². The monoisotopic (exact) mass is 302 g/mol. The molecule has 3 N–H and O–H groups in total. The number of nitrogens with one attached hydrogen (secondary N) is 1. The number of amidine groups is 1. The van der Waals surface area contributed by atoms with Crippen molar-refractivity contribution in [1.29, 1.82) is 5.41 Å². The third kappa shape index (κ3) is 3.37. The Morgan fingerprint density at radius 1 is 1.19 bits per heavy atom. The zero-order chi connectivity index (χ0) is 15.4. The van der Waals surface area contributed by atoms with Crippen LogP contribution in [0, 0.1) is 5.41 Å². The first-order chi connectivity index (χ1) is 10.0. The van der Waals surface area contributed by atoms with Gasteiger partial charge in [-0.15, -0.1) is 0 Å². The highest BCUT2D eigenvalue weighted by atomic mass is 35.5. The van der Waals surface area contributed by atoms with Crippen molar-refractivity contribution >= 4 is 17.4 Å². The summed E-state index contributed by atoms with van der Waals surface area (Å²) in [5.41, 5.74) is 7.17. The molecule has 2 rings (SSSR count). The zero-order valence-electron chi connectivity index (χ0n) is 12.2. The molecule has 0 saturated carbocycles. The third-order valence-corrected chi connectivity index (χ3v) is 3.84. The predicted octanol–water partition coefficient (Wildman–Crippen LogP) is 4.93. The number of ether oxygens (including phenoxy) is 1. The van der Waals surface area contributed by atoms with E-state index in [-0.39, 0.29) is 5.84 Å². The Labute approximate surface area is 130 Å². The van der Waals surface area contributed by atoms with E-state index in [2.05, 4.69) is 19.9 Å². The summed E-state index contributed by atoms with van der Waals surface area (Å²) in [6.07, 6.45) is 1.02. The van der Waals surface area contributed by atoms with Crippen molar-refractivity contribution in [3.8, 4) is 11.5 Å². The Kier molecular flexibility index (Phi) is 4.86. The van der Waals surface area contributed by atoms with E-state index in [1.165, 1.54) is 0 Å². The number of nitrogen functional groups attached to an aromatic ring is 1. The van der Waals surface area contributed by atoms with E-state index in [1.54, 1.807) is 18.2 Å². The average molecular weight is 303 g/mol. The first-order valence-electron chi connectivity index (χ1n) is 6.94. The van der Waals surface area contributed by atoms with Crippen molar-refractivity contribution in [2.45, 2.75) is 26.2 Å². The molecule has 0 spiro atoms. The summed E-state index contributed by atoms with van der Waals surface area (Å²) in [5, 5.41) is 8.09. The van der Waals surface area contributed by atoms with E-state index in [4.69, 9.17) is 27.5 Å². The number of para-hydroxylation sites is 1. The van der Waals surface area contributed by atoms with Crippen LogP contribution in [-0.4, -0.2) is 5.84 Å². The van der Waals surface area contributed by atoms with Crippen LogP contribution in [0.2, 0.25) is 5.02 Å². The Morgan fingerprint density at radius 3 is 2.52 bits per heavy atom. The first-order valence-corrected chi connectivity index (χ1v) is 7.32. The number of benzene rings is 2. The Morgan fingerprint density at radius 2 is 1.86 bits per heavy atom. The second-order valence-electron chi connectivity index (χ2n) is 4.98. The quantitative estimate of drug-likeness (QED) is 0.607. The van der Waals surface area contributed by atoms with Crippen molar-refractivity contribution < 1.29 is 4.74 Å². The van der Waals surface area contributed by atoms with Crippen LogP contribution in [0.4, 0.5) is 0 Å². The maximum absolute atomic E-state index is 7.67. The van der Waals surface area contributed by atoms with E-state index in [0.29, 0.717) is 22.3 Å². The molecule has 0 amide bonds. The van der Waals surface area contributed by atoms with E-state index in [1.807, 2.05) is 18.2 Å². The van der Waals surface area contributed by atoms with Crippen LogP contribution in [0.15, 0.2) is 42.5 Å². The molecule has 0 fully saturated rings. The number of halogens is 1. The molecule has 0 aliphatic heterocycles. The molecule has 2 aromatic rings. The van der Waals surface area contributed by atoms with Crippen LogP contribution >= 0.6 is 11.6 Å². The van der Waals surface area contributed by atoms with Crippen LogP contribution < -0.4 is 10.5 Å². The van der Waals surface area contributed by atoms with Gasteiger partial charge in [-0.25, -0.2) is 0 Å². The molecular formula is C17H19ClN2O. The molecule has 0 radical (unpaired) electrons. The minimum Gasteiger partial charge on any atom is -0.456 e. The number of hydrogen-bond donors (Lipinski definition) is 2. The van der Waals surface area contributed by atoms with Gasteiger partial charge in [-0.3, -0.25) is 5.41 Å². The molecule has 1 unspecified atom stereocenters. The highest BCUT2D eigenvalue weighted by Gasteiger charge is 2.15. The standard InChI is InChI=1S/C17H19ClN2O/c1-3-11(2)12-7-4-5-9-14(12)21-15-10-6-8-13(18)16(15)17(19)20/h4-11H,3H2,1-2H3,(H3,19,20). The highest BCUT2D eigenvalue weighted by molar-refractivity contribution is 6.34. The van der Waals surface area contributed by atoms with Gasteiger partial charge in [-0.1, -0.05) is 49.7 Å². The van der Waals surface area contributed by atoms with Gasteiger partial charge in [0.2, 0.25) is 0 Å². The van der Waals surface area contributed by atoms with E-state index in [9.17, 15) is 0 Å². The van der Waals surface area contributed by atoms with E-state index in [0.717, 1.165) is 17.7 Å². The summed E-state index contributed by atoms with van der Waals surface area (Å²) in [7, 11) is 0. The van der Waals surface area contributed by atoms with Gasteiger partial charge in [0, 0.05) is 0 Å². The van der Waals surface area contributed by atoms with Gasteiger partial charge in [0.1, 0.15) is 17.3 Å². The summed E-state index contributed by atoms with van der Waals surface area (Å²) in [5.74, 6) is 1.57. The average Bonchev–Trinajstić information content (AvgIpc) is 2.46. The normalized spacial score (nSPS) is 12.0. The molecule has 0 heterocycles. The molecule has 0 aromatic heterocycles. The molecule has 21 heavy (non-hydrogen) atoms. The summed E-state index contributed by atoms with van der Waals surface area (Å²) in [4.78, 5) is 0. The number of hydrogen-bond acceptors (Lipinski definition) is 2. The number of rotatable bonds is 5. The van der Waals surface area contributed by atoms with Crippen LogP contribution in [-0.2, 0) is 0 Å². The second kappa shape index (κ2) is 6.64. The maximum atomic E-state index is 7.67. The predicted molar refractivity (Wildman–Crippen MR) is 87.7 cm³/mol. The maximum Gasteiger partial charge on any atom is 0.139 e. The molecular weight excluding hydrogens is 284 g/mol. The Bertz CT molecular complexity index is 655. The summed E-state index contributed by atoms with van der Waals surface area (Å²) in [6.45, 7) is 4.30. The molecule has 4 heteroatoms. The summed E-state index contributed by atoms with van der Waals surface area (Å²) < 4.78 is 6.00. The molecule has 2 aromatic carbocycles.